The van der Waals surface area contributed by atoms with E-state index in [1.807, 2.05) is 0 Å². The minimum Gasteiger partial charge on any atom is -0.477 e. The number of carbonyl (C=O) groups excluding carboxylic acids is 1. The van der Waals surface area contributed by atoms with Crippen LogP contribution in [0, 0.1) is 13.8 Å². The molecule has 10 nitrogen and oxygen atoms in total. The van der Waals surface area contributed by atoms with Gasteiger partial charge in [-0.3, -0.25) is 0 Å². The Bertz CT molecular complexity index is 1780. The zero-order chi connectivity index (χ0) is 34.3. The van der Waals surface area contributed by atoms with E-state index in [9.17, 15) is 41.0 Å². The first-order chi connectivity index (χ1) is 22.1. The fraction of sp³-hybridized carbons (Fsp3) is 0.355. The summed E-state index contributed by atoms with van der Waals surface area (Å²) >= 11 is 0. The van der Waals surface area contributed by atoms with Crippen molar-refractivity contribution >= 4 is 34.9 Å². The van der Waals surface area contributed by atoms with Crippen LogP contribution in [-0.2, 0) is 30.2 Å². The third-order valence-electron chi connectivity index (χ3n) is 7.83. The molecule has 0 saturated carbocycles. The molecule has 0 saturated heterocycles. The van der Waals surface area contributed by atoms with Crippen LogP contribution in [0.2, 0.25) is 0 Å². The van der Waals surface area contributed by atoms with Crippen LogP contribution >= 0.6 is 0 Å². The van der Waals surface area contributed by atoms with Crippen LogP contribution in [0.5, 0.6) is 0 Å². The van der Waals surface area contributed by atoms with Gasteiger partial charge in [0.1, 0.15) is 22.8 Å². The van der Waals surface area contributed by atoms with Crippen molar-refractivity contribution in [1.29, 1.82) is 0 Å². The van der Waals surface area contributed by atoms with E-state index in [0.29, 0.717) is 66.1 Å². The number of hydrogen-bond acceptors (Lipinski definition) is 7. The zero-order valence-corrected chi connectivity index (χ0v) is 25.5. The largest absolute Gasteiger partial charge is 0.477 e. The molecule has 0 spiro atoms. The predicted molar refractivity (Wildman–Crippen MR) is 158 cm³/mol. The van der Waals surface area contributed by atoms with Gasteiger partial charge in [-0.25, -0.2) is 19.0 Å². The number of benzene rings is 2. The molecule has 0 bridgehead atoms. The van der Waals surface area contributed by atoms with Crippen LogP contribution in [0.3, 0.4) is 0 Å². The molecule has 250 valence electrons. The maximum absolute atomic E-state index is 12.7. The molecule has 2 aromatic carbocycles. The average molecular weight is 665 g/mol. The Morgan fingerprint density at radius 2 is 1.06 bits per heavy atom. The van der Waals surface area contributed by atoms with E-state index < -0.39 is 35.4 Å². The summed E-state index contributed by atoms with van der Waals surface area (Å²) in [6.07, 6.45) is -7.27. The smallest absolute Gasteiger partial charge is 0.416 e. The molecule has 0 fully saturated rings. The van der Waals surface area contributed by atoms with Crippen molar-refractivity contribution in [3.63, 3.8) is 0 Å². The van der Waals surface area contributed by atoms with E-state index in [-0.39, 0.29) is 5.56 Å². The van der Waals surface area contributed by atoms with Gasteiger partial charge in [0.15, 0.2) is 0 Å². The van der Waals surface area contributed by atoms with Crippen LogP contribution in [0.1, 0.15) is 56.1 Å². The van der Waals surface area contributed by atoms with Crippen molar-refractivity contribution in [3.8, 4) is 0 Å². The van der Waals surface area contributed by atoms with Crippen LogP contribution in [-0.4, -0.2) is 56.8 Å². The Balaban J connectivity index is 0.000000185. The second-order valence-corrected chi connectivity index (χ2v) is 10.9. The standard InChI is InChI=1S/C16H16F3N3O2.C15H14F3N3O2/c1-10-13(15(23)24-2)14-21(8-3-9-22(14)20-10)12-6-4-11(5-7-12)16(17,18)19;1-9-12(14(22)23)13-20(7-2-8-21(13)19-9)11-5-3-10(4-6-11)15(16,17)18/h4-7H,3,8-9H2,1-2H3;3-6H,2,7-8H2,1H3,(H,22,23). The molecule has 6 rings (SSSR count). The summed E-state index contributed by atoms with van der Waals surface area (Å²) in [7, 11) is 1.29. The van der Waals surface area contributed by atoms with Gasteiger partial charge in [-0.2, -0.15) is 36.5 Å². The minimum absolute atomic E-state index is 0.0876. The fourth-order valence-corrected chi connectivity index (χ4v) is 5.72. The van der Waals surface area contributed by atoms with Crippen molar-refractivity contribution in [2.75, 3.05) is 30.0 Å². The number of aryl methyl sites for hydroxylation is 4. The number of alkyl halides is 6. The number of aromatic carboxylic acids is 1. The van der Waals surface area contributed by atoms with E-state index in [1.165, 1.54) is 31.4 Å². The Kier molecular flexibility index (Phi) is 8.97. The minimum atomic E-state index is -4.40. The number of ether oxygens (including phenoxy) is 1. The van der Waals surface area contributed by atoms with Crippen molar-refractivity contribution in [2.45, 2.75) is 52.1 Å². The lowest BCUT2D eigenvalue weighted by Gasteiger charge is -2.30. The van der Waals surface area contributed by atoms with E-state index in [0.717, 1.165) is 37.1 Å². The summed E-state index contributed by atoms with van der Waals surface area (Å²) in [5, 5.41) is 18.0. The number of rotatable bonds is 4. The first-order valence-corrected chi connectivity index (χ1v) is 14.5. The second-order valence-electron chi connectivity index (χ2n) is 10.9. The maximum Gasteiger partial charge on any atom is 0.416 e. The third-order valence-corrected chi connectivity index (χ3v) is 7.83. The highest BCUT2D eigenvalue weighted by Gasteiger charge is 2.34. The maximum atomic E-state index is 12.7. The van der Waals surface area contributed by atoms with Crippen molar-refractivity contribution in [1.82, 2.24) is 19.6 Å². The number of aromatic nitrogens is 4. The summed E-state index contributed by atoms with van der Waals surface area (Å²) in [5.41, 5.74) is 1.02. The van der Waals surface area contributed by atoms with Gasteiger partial charge in [0.05, 0.1) is 29.6 Å². The molecule has 47 heavy (non-hydrogen) atoms. The molecule has 1 N–H and O–H groups in total. The van der Waals surface area contributed by atoms with Gasteiger partial charge >= 0.3 is 24.3 Å². The number of halogens is 6. The fourth-order valence-electron chi connectivity index (χ4n) is 5.72. The van der Waals surface area contributed by atoms with E-state index >= 15 is 0 Å². The van der Waals surface area contributed by atoms with Gasteiger partial charge in [0, 0.05) is 37.6 Å². The van der Waals surface area contributed by atoms with Gasteiger partial charge in [0.25, 0.3) is 0 Å². The second kappa shape index (κ2) is 12.6. The van der Waals surface area contributed by atoms with Crippen molar-refractivity contribution < 1.29 is 45.8 Å². The molecule has 4 aromatic rings. The summed E-state index contributed by atoms with van der Waals surface area (Å²) in [5.74, 6) is -0.624. The number of carboxylic acid groups (broad SMARTS) is 1. The first kappa shape index (κ1) is 33.3. The lowest BCUT2D eigenvalue weighted by molar-refractivity contribution is -0.138. The summed E-state index contributed by atoms with van der Waals surface area (Å²) in [6, 6.07) is 9.59. The zero-order valence-electron chi connectivity index (χ0n) is 25.5. The number of nitrogens with zero attached hydrogens (tertiary/aromatic N) is 6. The van der Waals surface area contributed by atoms with Crippen LogP contribution in [0.4, 0.5) is 49.4 Å². The molecule has 0 amide bonds. The molecule has 2 aliphatic heterocycles. The molecule has 4 heterocycles. The normalized spacial score (nSPS) is 14.6. The topological polar surface area (TPSA) is 106 Å². The monoisotopic (exact) mass is 664 g/mol. The molecule has 0 atom stereocenters. The van der Waals surface area contributed by atoms with Gasteiger partial charge < -0.3 is 19.6 Å². The van der Waals surface area contributed by atoms with Crippen LogP contribution in [0.25, 0.3) is 0 Å². The number of carbonyl (C=O) groups is 2. The molecule has 0 radical (unpaired) electrons. The number of hydrogen-bond donors (Lipinski definition) is 1. The Hall–Kier alpha value is -5.02. The highest BCUT2D eigenvalue weighted by atomic mass is 19.4. The highest BCUT2D eigenvalue weighted by molar-refractivity contribution is 5.97. The highest BCUT2D eigenvalue weighted by Crippen LogP contribution is 2.38. The molecule has 0 aliphatic carbocycles. The Morgan fingerprint density at radius 1 is 0.681 bits per heavy atom. The number of esters is 1. The quantitative estimate of drug-likeness (QED) is 0.184. The van der Waals surface area contributed by atoms with E-state index in [4.69, 9.17) is 4.74 Å². The summed E-state index contributed by atoms with van der Waals surface area (Å²) < 4.78 is 84.3. The van der Waals surface area contributed by atoms with Crippen LogP contribution < -0.4 is 9.80 Å². The van der Waals surface area contributed by atoms with E-state index in [1.54, 1.807) is 33.0 Å². The number of fused-ring (bicyclic) bond motifs is 2. The molecule has 16 heteroatoms. The van der Waals surface area contributed by atoms with Gasteiger partial charge in [-0.1, -0.05) is 0 Å². The number of methoxy groups -OCH3 is 1. The molecule has 2 aromatic heterocycles. The lowest BCUT2D eigenvalue weighted by atomic mass is 10.1. The molecular weight excluding hydrogens is 634 g/mol. The SMILES string of the molecule is COC(=O)c1c(C)nn2c1N(c1ccc(C(F)(F)F)cc1)CCC2.Cc1nn2c(c1C(=O)O)N(c1ccc(C(F)(F)F)cc1)CCC2. The molecule has 2 aliphatic rings. The van der Waals surface area contributed by atoms with Crippen molar-refractivity contribution in [3.05, 3.63) is 82.2 Å². The molecule has 0 unspecified atom stereocenters. The third kappa shape index (κ3) is 6.62. The van der Waals surface area contributed by atoms with Crippen LogP contribution in [0.15, 0.2) is 48.5 Å². The molecular formula is C31H30F6N6O4. The Labute approximate surface area is 264 Å². The summed E-state index contributed by atoms with van der Waals surface area (Å²) in [4.78, 5) is 27.1. The predicted octanol–water partition coefficient (Wildman–Crippen LogP) is 6.99. The average Bonchev–Trinajstić information content (AvgIpc) is 3.55. The van der Waals surface area contributed by atoms with Gasteiger partial charge in [-0.05, 0) is 75.2 Å². The van der Waals surface area contributed by atoms with Gasteiger partial charge in [0.2, 0.25) is 0 Å². The summed E-state index contributed by atoms with van der Waals surface area (Å²) in [6.45, 7) is 5.66. The first-order valence-electron chi connectivity index (χ1n) is 14.5. The Morgan fingerprint density at radius 3 is 1.43 bits per heavy atom. The lowest BCUT2D eigenvalue weighted by Crippen LogP contribution is -2.29. The van der Waals surface area contributed by atoms with E-state index in [2.05, 4.69) is 10.2 Å². The number of carboxylic acids is 1. The number of anilines is 4. The van der Waals surface area contributed by atoms with Crippen molar-refractivity contribution in [2.24, 2.45) is 0 Å². The van der Waals surface area contributed by atoms with Gasteiger partial charge in [-0.15, -0.1) is 0 Å².